The van der Waals surface area contributed by atoms with E-state index in [4.69, 9.17) is 16.7 Å². The average Bonchev–Trinajstić information content (AvgIpc) is 2.40. The van der Waals surface area contributed by atoms with Gasteiger partial charge in [0.15, 0.2) is 0 Å². The molecule has 0 aromatic heterocycles. The molecule has 20 heavy (non-hydrogen) atoms. The number of nitrogens with zero attached hydrogens (tertiary/aromatic N) is 1. The van der Waals surface area contributed by atoms with Gasteiger partial charge in [0.1, 0.15) is 0 Å². The van der Waals surface area contributed by atoms with Crippen LogP contribution < -0.4 is 0 Å². The van der Waals surface area contributed by atoms with Crippen molar-refractivity contribution in [2.45, 2.75) is 18.2 Å². The second-order valence-corrected chi connectivity index (χ2v) is 7.04. The summed E-state index contributed by atoms with van der Waals surface area (Å²) in [5.74, 6) is 0.567. The molecule has 1 aliphatic heterocycles. The third kappa shape index (κ3) is 4.69. The Morgan fingerprint density at radius 3 is 2.75 bits per heavy atom. The molecule has 2 atom stereocenters. The van der Waals surface area contributed by atoms with E-state index in [1.807, 2.05) is 24.3 Å². The van der Waals surface area contributed by atoms with Gasteiger partial charge in [-0.05, 0) is 36.6 Å². The molecule has 0 spiro atoms. The van der Waals surface area contributed by atoms with E-state index in [1.165, 1.54) is 4.90 Å². The van der Waals surface area contributed by atoms with Crippen LogP contribution in [0.2, 0.25) is 5.02 Å². The molecule has 1 N–H and O–H groups in total. The third-order valence-corrected chi connectivity index (χ3v) is 4.82. The van der Waals surface area contributed by atoms with Crippen LogP contribution in [0.15, 0.2) is 29.2 Å². The van der Waals surface area contributed by atoms with Gasteiger partial charge in [0.25, 0.3) is 0 Å². The molecule has 1 fully saturated rings. The van der Waals surface area contributed by atoms with Gasteiger partial charge in [-0.15, -0.1) is 11.8 Å². The second-order valence-electron chi connectivity index (χ2n) is 5.44. The van der Waals surface area contributed by atoms with Crippen LogP contribution in [0.3, 0.4) is 0 Å². The number of benzene rings is 1. The van der Waals surface area contributed by atoms with Crippen LogP contribution in [0.1, 0.15) is 13.3 Å². The number of rotatable bonds is 5. The number of aliphatic carboxylic acids is 1. The van der Waals surface area contributed by atoms with E-state index < -0.39 is 5.97 Å². The standard InChI is InChI=1S/C15H20ClNO2S/c1-11-8-12(15(18)19)10-17(9-11)6-7-20-14-4-2-13(16)3-5-14/h2-5,11-12H,6-10H2,1H3,(H,18,19). The van der Waals surface area contributed by atoms with Crippen molar-refractivity contribution < 1.29 is 9.90 Å². The molecular formula is C15H20ClNO2S. The Balaban J connectivity index is 1.78. The zero-order valence-electron chi connectivity index (χ0n) is 11.6. The van der Waals surface area contributed by atoms with Crippen LogP contribution in [0, 0.1) is 11.8 Å². The van der Waals surface area contributed by atoms with E-state index in [0.29, 0.717) is 12.5 Å². The van der Waals surface area contributed by atoms with Crippen molar-refractivity contribution >= 4 is 29.3 Å². The lowest BCUT2D eigenvalue weighted by molar-refractivity contribution is -0.144. The highest BCUT2D eigenvalue weighted by molar-refractivity contribution is 7.99. The number of halogens is 1. The smallest absolute Gasteiger partial charge is 0.307 e. The lowest BCUT2D eigenvalue weighted by atomic mass is 9.90. The van der Waals surface area contributed by atoms with E-state index in [2.05, 4.69) is 11.8 Å². The van der Waals surface area contributed by atoms with Gasteiger partial charge in [-0.2, -0.15) is 0 Å². The first-order valence-electron chi connectivity index (χ1n) is 6.88. The molecular weight excluding hydrogens is 294 g/mol. The summed E-state index contributed by atoms with van der Waals surface area (Å²) in [6.07, 6.45) is 0.802. The first-order valence-corrected chi connectivity index (χ1v) is 8.24. The molecule has 0 radical (unpaired) electrons. The zero-order valence-corrected chi connectivity index (χ0v) is 13.2. The molecule has 0 amide bonds. The van der Waals surface area contributed by atoms with Gasteiger partial charge in [-0.25, -0.2) is 0 Å². The van der Waals surface area contributed by atoms with Crippen LogP contribution in [0.5, 0.6) is 0 Å². The van der Waals surface area contributed by atoms with Crippen LogP contribution in [-0.2, 0) is 4.79 Å². The monoisotopic (exact) mass is 313 g/mol. The zero-order chi connectivity index (χ0) is 14.5. The molecule has 1 heterocycles. The van der Waals surface area contributed by atoms with E-state index in [-0.39, 0.29) is 5.92 Å². The molecule has 1 aromatic rings. The normalized spacial score (nSPS) is 23.7. The predicted molar refractivity (Wildman–Crippen MR) is 83.5 cm³/mol. The van der Waals surface area contributed by atoms with E-state index in [1.54, 1.807) is 11.8 Å². The van der Waals surface area contributed by atoms with Gasteiger partial charge in [0, 0.05) is 35.3 Å². The minimum absolute atomic E-state index is 0.209. The van der Waals surface area contributed by atoms with Crippen molar-refractivity contribution in [3.63, 3.8) is 0 Å². The van der Waals surface area contributed by atoms with Gasteiger partial charge in [0.2, 0.25) is 0 Å². The minimum Gasteiger partial charge on any atom is -0.481 e. The fourth-order valence-corrected chi connectivity index (χ4v) is 3.69. The molecule has 0 aliphatic carbocycles. The Kier molecular flexibility index (Phi) is 5.75. The van der Waals surface area contributed by atoms with Gasteiger partial charge in [0.05, 0.1) is 5.92 Å². The largest absolute Gasteiger partial charge is 0.481 e. The predicted octanol–water partition coefficient (Wildman–Crippen LogP) is 3.47. The Hall–Kier alpha value is -0.710. The van der Waals surface area contributed by atoms with Gasteiger partial charge >= 0.3 is 5.97 Å². The molecule has 5 heteroatoms. The van der Waals surface area contributed by atoms with Crippen LogP contribution in [0.4, 0.5) is 0 Å². The number of hydrogen-bond donors (Lipinski definition) is 1. The molecule has 1 aliphatic rings. The summed E-state index contributed by atoms with van der Waals surface area (Å²) in [7, 11) is 0. The molecule has 2 unspecified atom stereocenters. The first-order chi connectivity index (χ1) is 9.54. The van der Waals surface area contributed by atoms with E-state index in [0.717, 1.165) is 30.3 Å². The lowest BCUT2D eigenvalue weighted by Gasteiger charge is -2.34. The summed E-state index contributed by atoms with van der Waals surface area (Å²) in [6.45, 7) is 4.75. The molecule has 1 saturated heterocycles. The first kappa shape index (κ1) is 15.7. The Labute approximate surface area is 129 Å². The quantitative estimate of drug-likeness (QED) is 0.845. The van der Waals surface area contributed by atoms with Gasteiger partial charge in [-0.1, -0.05) is 18.5 Å². The topological polar surface area (TPSA) is 40.5 Å². The summed E-state index contributed by atoms with van der Waals surface area (Å²) in [4.78, 5) is 14.6. The highest BCUT2D eigenvalue weighted by atomic mass is 35.5. The number of likely N-dealkylation sites (tertiary alicyclic amines) is 1. The van der Waals surface area contributed by atoms with Gasteiger partial charge in [-0.3, -0.25) is 4.79 Å². The van der Waals surface area contributed by atoms with E-state index >= 15 is 0 Å². The summed E-state index contributed by atoms with van der Waals surface area (Å²) in [6, 6.07) is 7.83. The highest BCUT2D eigenvalue weighted by Gasteiger charge is 2.28. The van der Waals surface area contributed by atoms with Crippen molar-refractivity contribution in [2.24, 2.45) is 11.8 Å². The number of carboxylic acids is 1. The maximum atomic E-state index is 11.1. The van der Waals surface area contributed by atoms with Crippen molar-refractivity contribution in [3.8, 4) is 0 Å². The van der Waals surface area contributed by atoms with E-state index in [9.17, 15) is 4.79 Å². The summed E-state index contributed by atoms with van der Waals surface area (Å²) in [5, 5.41) is 9.91. The molecule has 1 aromatic carbocycles. The fraction of sp³-hybridized carbons (Fsp3) is 0.533. The number of thioether (sulfide) groups is 1. The van der Waals surface area contributed by atoms with Crippen LogP contribution in [0.25, 0.3) is 0 Å². The van der Waals surface area contributed by atoms with Gasteiger partial charge < -0.3 is 10.0 Å². The van der Waals surface area contributed by atoms with Crippen molar-refractivity contribution in [3.05, 3.63) is 29.3 Å². The van der Waals surface area contributed by atoms with Crippen LogP contribution in [-0.4, -0.2) is 41.4 Å². The fourth-order valence-electron chi connectivity index (χ4n) is 2.65. The molecule has 110 valence electrons. The van der Waals surface area contributed by atoms with Crippen molar-refractivity contribution in [2.75, 3.05) is 25.4 Å². The summed E-state index contributed by atoms with van der Waals surface area (Å²) < 4.78 is 0. The van der Waals surface area contributed by atoms with Crippen molar-refractivity contribution in [1.29, 1.82) is 0 Å². The Bertz CT molecular complexity index is 452. The molecule has 0 bridgehead atoms. The maximum absolute atomic E-state index is 11.1. The highest BCUT2D eigenvalue weighted by Crippen LogP contribution is 2.24. The Morgan fingerprint density at radius 2 is 2.10 bits per heavy atom. The minimum atomic E-state index is -0.660. The lowest BCUT2D eigenvalue weighted by Crippen LogP contribution is -2.43. The average molecular weight is 314 g/mol. The maximum Gasteiger partial charge on any atom is 0.307 e. The number of carbonyl (C=O) groups is 1. The Morgan fingerprint density at radius 1 is 1.40 bits per heavy atom. The second kappa shape index (κ2) is 7.34. The van der Waals surface area contributed by atoms with Crippen LogP contribution >= 0.6 is 23.4 Å². The number of hydrogen-bond acceptors (Lipinski definition) is 3. The summed E-state index contributed by atoms with van der Waals surface area (Å²) in [5.41, 5.74) is 0. The molecule has 3 nitrogen and oxygen atoms in total. The summed E-state index contributed by atoms with van der Waals surface area (Å²) >= 11 is 7.64. The third-order valence-electron chi connectivity index (χ3n) is 3.57. The molecule has 2 rings (SSSR count). The molecule has 0 saturated carbocycles. The number of carboxylic acid groups (broad SMARTS) is 1. The van der Waals surface area contributed by atoms with Crippen molar-refractivity contribution in [1.82, 2.24) is 4.90 Å². The SMILES string of the molecule is CC1CC(C(=O)O)CN(CCSc2ccc(Cl)cc2)C1. The number of piperidine rings is 1.